The van der Waals surface area contributed by atoms with Crippen LogP contribution in [0, 0.1) is 6.92 Å². The molecule has 2 aromatic carbocycles. The van der Waals surface area contributed by atoms with E-state index in [4.69, 9.17) is 4.63 Å². The average Bonchev–Trinajstić information content (AvgIpc) is 3.39. The van der Waals surface area contributed by atoms with E-state index in [1.807, 2.05) is 19.9 Å². The summed E-state index contributed by atoms with van der Waals surface area (Å²) in [4.78, 5) is 17.6. The summed E-state index contributed by atoms with van der Waals surface area (Å²) >= 11 is 0. The van der Waals surface area contributed by atoms with Crippen LogP contribution in [0.3, 0.4) is 0 Å². The molecule has 0 aliphatic carbocycles. The lowest BCUT2D eigenvalue weighted by atomic mass is 10.1. The van der Waals surface area contributed by atoms with Crippen LogP contribution in [0.4, 0.5) is 5.69 Å². The van der Waals surface area contributed by atoms with Gasteiger partial charge in [-0.05, 0) is 45.0 Å². The number of nitrogens with zero attached hydrogens (tertiary/aromatic N) is 5. The fourth-order valence-corrected chi connectivity index (χ4v) is 4.80. The number of carbonyl (C=O) groups is 1. The van der Waals surface area contributed by atoms with Crippen LogP contribution in [-0.2, 0) is 17.9 Å². The molecule has 8 nitrogen and oxygen atoms in total. The number of para-hydroxylation sites is 1. The minimum Gasteiger partial charge on any atom is -0.341 e. The van der Waals surface area contributed by atoms with E-state index in [9.17, 15) is 4.79 Å². The second-order valence-electron chi connectivity index (χ2n) is 8.77. The monoisotopic (exact) mass is 446 g/mol. The Bertz CT molecular complexity index is 1280. The Hall–Kier alpha value is -3.23. The summed E-state index contributed by atoms with van der Waals surface area (Å²) in [5.41, 5.74) is 4.98. The Morgan fingerprint density at radius 2 is 1.82 bits per heavy atom. The van der Waals surface area contributed by atoms with Crippen LogP contribution in [0.1, 0.15) is 25.2 Å². The molecule has 0 spiro atoms. The normalized spacial score (nSPS) is 16.5. The molecule has 4 aromatic rings. The standard InChI is InChI=1S/C25H30N6O2/c1-4-31-23-8-6-5-7-20(23)21-15-19(9-10-24(21)31)26-25(32)18(3)30-13-11-29(12-14-30)16-22-17(2)27-33-28-22/h5-10,15,18H,4,11-14,16H2,1-3H3,(H,26,32)/t18-/m0/s1. The fourth-order valence-electron chi connectivity index (χ4n) is 4.80. The highest BCUT2D eigenvalue weighted by Crippen LogP contribution is 2.31. The minimum absolute atomic E-state index is 0.0265. The van der Waals surface area contributed by atoms with Crippen LogP contribution >= 0.6 is 0 Å². The number of fused-ring (bicyclic) bond motifs is 3. The van der Waals surface area contributed by atoms with Gasteiger partial charge in [0, 0.05) is 66.8 Å². The van der Waals surface area contributed by atoms with Crippen molar-refractivity contribution in [1.82, 2.24) is 24.7 Å². The summed E-state index contributed by atoms with van der Waals surface area (Å²) in [6.07, 6.45) is 0. The molecule has 1 fully saturated rings. The molecule has 1 aliphatic rings. The summed E-state index contributed by atoms with van der Waals surface area (Å²) in [5.74, 6) is 0.0265. The van der Waals surface area contributed by atoms with Crippen LogP contribution in [-0.4, -0.2) is 62.8 Å². The molecule has 1 amide bonds. The largest absolute Gasteiger partial charge is 0.341 e. The zero-order chi connectivity index (χ0) is 22.9. The van der Waals surface area contributed by atoms with Gasteiger partial charge in [-0.25, -0.2) is 4.63 Å². The third-order valence-electron chi connectivity index (χ3n) is 6.81. The third-order valence-corrected chi connectivity index (χ3v) is 6.81. The van der Waals surface area contributed by atoms with Gasteiger partial charge in [-0.2, -0.15) is 0 Å². The number of nitrogens with one attached hydrogen (secondary N) is 1. The summed E-state index contributed by atoms with van der Waals surface area (Å²) in [5, 5.41) is 13.4. The van der Waals surface area contributed by atoms with E-state index < -0.39 is 0 Å². The Kier molecular flexibility index (Phi) is 5.86. The predicted octanol–water partition coefficient (Wildman–Crippen LogP) is 3.65. The molecule has 1 N–H and O–H groups in total. The van der Waals surface area contributed by atoms with Gasteiger partial charge in [-0.3, -0.25) is 14.6 Å². The number of aryl methyl sites for hydroxylation is 2. The number of anilines is 1. The predicted molar refractivity (Wildman–Crippen MR) is 129 cm³/mol. The lowest BCUT2D eigenvalue weighted by Gasteiger charge is -2.37. The van der Waals surface area contributed by atoms with Gasteiger partial charge in [0.2, 0.25) is 5.91 Å². The lowest BCUT2D eigenvalue weighted by Crippen LogP contribution is -2.52. The van der Waals surface area contributed by atoms with Gasteiger partial charge in [0.25, 0.3) is 0 Å². The summed E-state index contributed by atoms with van der Waals surface area (Å²) in [6.45, 7) is 11.1. The van der Waals surface area contributed by atoms with Gasteiger partial charge in [0.15, 0.2) is 0 Å². The lowest BCUT2D eigenvalue weighted by molar-refractivity contribution is -0.121. The van der Waals surface area contributed by atoms with E-state index in [0.717, 1.165) is 56.3 Å². The number of rotatable bonds is 6. The molecule has 0 bridgehead atoms. The highest BCUT2D eigenvalue weighted by Gasteiger charge is 2.26. The highest BCUT2D eigenvalue weighted by atomic mass is 16.6. The van der Waals surface area contributed by atoms with Gasteiger partial charge in [-0.1, -0.05) is 28.5 Å². The Morgan fingerprint density at radius 3 is 2.55 bits per heavy atom. The number of benzene rings is 2. The smallest absolute Gasteiger partial charge is 0.241 e. The van der Waals surface area contributed by atoms with Crippen molar-refractivity contribution in [3.63, 3.8) is 0 Å². The third kappa shape index (κ3) is 4.12. The molecule has 0 radical (unpaired) electrons. The fraction of sp³-hybridized carbons (Fsp3) is 0.400. The number of aromatic nitrogens is 3. The average molecular weight is 447 g/mol. The highest BCUT2D eigenvalue weighted by molar-refractivity contribution is 6.10. The maximum Gasteiger partial charge on any atom is 0.241 e. The van der Waals surface area contributed by atoms with Crippen LogP contribution in [0.5, 0.6) is 0 Å². The van der Waals surface area contributed by atoms with Crippen LogP contribution in [0.15, 0.2) is 47.1 Å². The molecule has 172 valence electrons. The van der Waals surface area contributed by atoms with Gasteiger partial charge < -0.3 is 9.88 Å². The van der Waals surface area contributed by atoms with Gasteiger partial charge in [0.05, 0.1) is 6.04 Å². The molecule has 1 saturated heterocycles. The number of amides is 1. The molecule has 1 aliphatic heterocycles. The molecule has 3 heterocycles. The van der Waals surface area contributed by atoms with E-state index in [1.165, 1.54) is 21.8 Å². The van der Waals surface area contributed by atoms with Crippen LogP contribution < -0.4 is 5.32 Å². The Labute approximate surface area is 193 Å². The second kappa shape index (κ2) is 8.96. The van der Waals surface area contributed by atoms with E-state index in [2.05, 4.69) is 73.3 Å². The number of carbonyl (C=O) groups excluding carboxylic acids is 1. The zero-order valence-corrected chi connectivity index (χ0v) is 19.4. The first-order valence-electron chi connectivity index (χ1n) is 11.6. The molecule has 1 atom stereocenters. The molecule has 5 rings (SSSR count). The summed E-state index contributed by atoms with van der Waals surface area (Å²) in [7, 11) is 0. The minimum atomic E-state index is -0.199. The first-order chi connectivity index (χ1) is 16.0. The van der Waals surface area contributed by atoms with Crippen molar-refractivity contribution in [2.45, 2.75) is 39.9 Å². The Morgan fingerprint density at radius 1 is 1.06 bits per heavy atom. The van der Waals surface area contributed by atoms with Crippen molar-refractivity contribution in [2.75, 3.05) is 31.5 Å². The number of hydrogen-bond donors (Lipinski definition) is 1. The molecular weight excluding hydrogens is 416 g/mol. The summed E-state index contributed by atoms with van der Waals surface area (Å²) in [6, 6.07) is 14.4. The summed E-state index contributed by atoms with van der Waals surface area (Å²) < 4.78 is 7.12. The molecule has 0 saturated carbocycles. The number of hydrogen-bond acceptors (Lipinski definition) is 6. The molecule has 2 aromatic heterocycles. The SMILES string of the molecule is CCn1c2ccccc2c2cc(NC(=O)[C@H](C)N3CCN(Cc4nonc4C)CC3)ccc21. The van der Waals surface area contributed by atoms with Crippen molar-refractivity contribution in [2.24, 2.45) is 0 Å². The maximum absolute atomic E-state index is 13.1. The van der Waals surface area contributed by atoms with Crippen molar-refractivity contribution in [3.8, 4) is 0 Å². The molecule has 0 unspecified atom stereocenters. The van der Waals surface area contributed by atoms with Gasteiger partial charge in [-0.15, -0.1) is 0 Å². The quantitative estimate of drug-likeness (QED) is 0.487. The molecule has 33 heavy (non-hydrogen) atoms. The maximum atomic E-state index is 13.1. The van der Waals surface area contributed by atoms with Crippen molar-refractivity contribution < 1.29 is 9.42 Å². The topological polar surface area (TPSA) is 79.4 Å². The van der Waals surface area contributed by atoms with Crippen LogP contribution in [0.25, 0.3) is 21.8 Å². The van der Waals surface area contributed by atoms with Gasteiger partial charge in [0.1, 0.15) is 11.4 Å². The van der Waals surface area contributed by atoms with Crippen molar-refractivity contribution in [1.29, 1.82) is 0 Å². The van der Waals surface area contributed by atoms with E-state index in [-0.39, 0.29) is 11.9 Å². The van der Waals surface area contributed by atoms with Crippen molar-refractivity contribution >= 4 is 33.4 Å². The molecule has 8 heteroatoms. The van der Waals surface area contributed by atoms with E-state index in [0.29, 0.717) is 0 Å². The molecular formula is C25H30N6O2. The van der Waals surface area contributed by atoms with Crippen LogP contribution in [0.2, 0.25) is 0 Å². The first-order valence-corrected chi connectivity index (χ1v) is 11.6. The second-order valence-corrected chi connectivity index (χ2v) is 8.77. The number of piperazine rings is 1. The first kappa shape index (κ1) is 21.6. The van der Waals surface area contributed by atoms with Crippen molar-refractivity contribution in [3.05, 3.63) is 53.9 Å². The Balaban J connectivity index is 1.25. The van der Waals surface area contributed by atoms with E-state index in [1.54, 1.807) is 0 Å². The van der Waals surface area contributed by atoms with Gasteiger partial charge >= 0.3 is 0 Å². The van der Waals surface area contributed by atoms with E-state index >= 15 is 0 Å². The zero-order valence-electron chi connectivity index (χ0n) is 19.4.